The molecule has 0 aliphatic carbocycles. The number of benzene rings is 1. The number of hydrogen-bond acceptors (Lipinski definition) is 2. The Morgan fingerprint density at radius 1 is 1.29 bits per heavy atom. The number of nitrogens with zero attached hydrogens (tertiary/aromatic N) is 1. The lowest BCUT2D eigenvalue weighted by atomic mass is 9.85. The Bertz CT molecular complexity index is 399. The molecule has 1 amide bonds. The van der Waals surface area contributed by atoms with Gasteiger partial charge < -0.3 is 9.64 Å². The molecule has 1 fully saturated rings. The van der Waals surface area contributed by atoms with E-state index in [9.17, 15) is 4.79 Å². The summed E-state index contributed by atoms with van der Waals surface area (Å²) in [5, 5.41) is 0. The van der Waals surface area contributed by atoms with Crippen molar-refractivity contribution in [2.45, 2.75) is 32.7 Å². The number of carbonyl (C=O) groups excluding carboxylic acids is 1. The van der Waals surface area contributed by atoms with Gasteiger partial charge >= 0.3 is 0 Å². The topological polar surface area (TPSA) is 29.5 Å². The highest BCUT2D eigenvalue weighted by molar-refractivity contribution is 6.02. The van der Waals surface area contributed by atoms with Crippen molar-refractivity contribution >= 4 is 11.6 Å². The van der Waals surface area contributed by atoms with E-state index < -0.39 is 0 Å². The van der Waals surface area contributed by atoms with Crippen molar-refractivity contribution in [3.63, 3.8) is 0 Å². The highest BCUT2D eigenvalue weighted by Gasteiger charge is 2.43. The van der Waals surface area contributed by atoms with Crippen LogP contribution in [0.5, 0.6) is 5.75 Å². The van der Waals surface area contributed by atoms with Gasteiger partial charge in [0.15, 0.2) is 0 Å². The zero-order valence-corrected chi connectivity index (χ0v) is 10.6. The molecule has 1 aliphatic rings. The minimum Gasteiger partial charge on any atom is -0.497 e. The fraction of sp³-hybridized carbons (Fsp3) is 0.500. The van der Waals surface area contributed by atoms with E-state index in [4.69, 9.17) is 4.74 Å². The van der Waals surface area contributed by atoms with Crippen LogP contribution in [0.1, 0.15) is 26.7 Å². The summed E-state index contributed by atoms with van der Waals surface area (Å²) in [5.41, 5.74) is 0.979. The first-order valence-electron chi connectivity index (χ1n) is 6.16. The lowest BCUT2D eigenvalue weighted by Gasteiger charge is -2.46. The molecule has 3 nitrogen and oxygen atoms in total. The summed E-state index contributed by atoms with van der Waals surface area (Å²) in [6, 6.07) is 8.06. The molecule has 3 heteroatoms. The first-order valence-corrected chi connectivity index (χ1v) is 6.16. The van der Waals surface area contributed by atoms with Crippen molar-refractivity contribution in [1.82, 2.24) is 0 Å². The molecular formula is C14H19NO2. The number of amides is 1. The highest BCUT2D eigenvalue weighted by Crippen LogP contribution is 2.35. The van der Waals surface area contributed by atoms with E-state index in [1.807, 2.05) is 36.1 Å². The number of methoxy groups -OCH3 is 1. The van der Waals surface area contributed by atoms with E-state index in [-0.39, 0.29) is 11.8 Å². The second-order valence-electron chi connectivity index (χ2n) is 4.55. The summed E-state index contributed by atoms with van der Waals surface area (Å²) in [6.07, 6.45) is 2.17. The standard InChI is InChI=1S/C14H19NO2/c1-4-5-13-10(2)14(16)15(13)11-6-8-12(17-3)9-7-11/h6-10,13H,4-5H2,1-3H3. The average molecular weight is 233 g/mol. The molecule has 0 saturated carbocycles. The summed E-state index contributed by atoms with van der Waals surface area (Å²) in [5.74, 6) is 1.22. The van der Waals surface area contributed by atoms with E-state index in [2.05, 4.69) is 6.92 Å². The Morgan fingerprint density at radius 2 is 1.94 bits per heavy atom. The quantitative estimate of drug-likeness (QED) is 0.748. The molecule has 0 bridgehead atoms. The third-order valence-electron chi connectivity index (χ3n) is 3.47. The molecule has 0 radical (unpaired) electrons. The summed E-state index contributed by atoms with van der Waals surface area (Å²) >= 11 is 0. The third-order valence-corrected chi connectivity index (χ3v) is 3.47. The van der Waals surface area contributed by atoms with Gasteiger partial charge in [0, 0.05) is 11.7 Å². The smallest absolute Gasteiger partial charge is 0.232 e. The van der Waals surface area contributed by atoms with Crippen LogP contribution >= 0.6 is 0 Å². The molecule has 0 aromatic heterocycles. The van der Waals surface area contributed by atoms with E-state index in [1.54, 1.807) is 7.11 Å². The van der Waals surface area contributed by atoms with Gasteiger partial charge in [0.05, 0.1) is 13.0 Å². The molecule has 17 heavy (non-hydrogen) atoms. The molecule has 0 N–H and O–H groups in total. The maximum atomic E-state index is 11.9. The fourth-order valence-corrected chi connectivity index (χ4v) is 2.43. The predicted molar refractivity (Wildman–Crippen MR) is 68.3 cm³/mol. The van der Waals surface area contributed by atoms with Crippen LogP contribution in [0.25, 0.3) is 0 Å². The monoisotopic (exact) mass is 233 g/mol. The molecule has 1 aliphatic heterocycles. The number of anilines is 1. The van der Waals surface area contributed by atoms with Gasteiger partial charge in [-0.2, -0.15) is 0 Å². The van der Waals surface area contributed by atoms with Crippen molar-refractivity contribution in [1.29, 1.82) is 0 Å². The van der Waals surface area contributed by atoms with Crippen LogP contribution in [0, 0.1) is 5.92 Å². The largest absolute Gasteiger partial charge is 0.497 e. The second kappa shape index (κ2) is 4.78. The minimum atomic E-state index is 0.164. The van der Waals surface area contributed by atoms with E-state index in [0.717, 1.165) is 24.3 Å². The first-order chi connectivity index (χ1) is 8.19. The molecule has 1 saturated heterocycles. The second-order valence-corrected chi connectivity index (χ2v) is 4.55. The Hall–Kier alpha value is -1.51. The predicted octanol–water partition coefficient (Wildman–Crippen LogP) is 2.85. The first kappa shape index (κ1) is 12.0. The Balaban J connectivity index is 2.17. The number of ether oxygens (including phenoxy) is 1. The van der Waals surface area contributed by atoms with Crippen molar-refractivity contribution in [3.05, 3.63) is 24.3 Å². The molecule has 1 aromatic carbocycles. The minimum absolute atomic E-state index is 0.164. The van der Waals surface area contributed by atoms with E-state index in [1.165, 1.54) is 0 Å². The van der Waals surface area contributed by atoms with Gasteiger partial charge in [0.1, 0.15) is 5.75 Å². The van der Waals surface area contributed by atoms with Crippen molar-refractivity contribution in [2.24, 2.45) is 5.92 Å². The van der Waals surface area contributed by atoms with Crippen LogP contribution in [0.15, 0.2) is 24.3 Å². The maximum absolute atomic E-state index is 11.9. The Morgan fingerprint density at radius 3 is 2.47 bits per heavy atom. The summed E-state index contributed by atoms with van der Waals surface area (Å²) in [7, 11) is 1.64. The molecule has 2 rings (SSSR count). The van der Waals surface area contributed by atoms with Gasteiger partial charge in [-0.1, -0.05) is 20.3 Å². The lowest BCUT2D eigenvalue weighted by Crippen LogP contribution is -2.60. The van der Waals surface area contributed by atoms with Gasteiger partial charge in [0.25, 0.3) is 0 Å². The Kier molecular flexibility index (Phi) is 3.36. The van der Waals surface area contributed by atoms with Crippen LogP contribution in [0.2, 0.25) is 0 Å². The van der Waals surface area contributed by atoms with Gasteiger partial charge in [0.2, 0.25) is 5.91 Å². The Labute approximate surface area is 102 Å². The van der Waals surface area contributed by atoms with Gasteiger partial charge in [-0.05, 0) is 30.7 Å². The van der Waals surface area contributed by atoms with Crippen molar-refractivity contribution in [3.8, 4) is 5.75 Å². The van der Waals surface area contributed by atoms with Crippen molar-refractivity contribution < 1.29 is 9.53 Å². The SMILES string of the molecule is CCCC1C(C)C(=O)N1c1ccc(OC)cc1. The van der Waals surface area contributed by atoms with Crippen molar-refractivity contribution in [2.75, 3.05) is 12.0 Å². The van der Waals surface area contributed by atoms with E-state index in [0.29, 0.717) is 6.04 Å². The molecule has 1 aromatic rings. The van der Waals surface area contributed by atoms with Gasteiger partial charge in [-0.15, -0.1) is 0 Å². The van der Waals surface area contributed by atoms with Gasteiger partial charge in [-0.25, -0.2) is 0 Å². The number of β-lactam (4-membered cyclic amide) rings is 1. The third kappa shape index (κ3) is 2.02. The van der Waals surface area contributed by atoms with Crippen LogP contribution in [-0.2, 0) is 4.79 Å². The zero-order chi connectivity index (χ0) is 12.4. The fourth-order valence-electron chi connectivity index (χ4n) is 2.43. The maximum Gasteiger partial charge on any atom is 0.232 e. The van der Waals surface area contributed by atoms with Crippen LogP contribution < -0.4 is 9.64 Å². The summed E-state index contributed by atoms with van der Waals surface area (Å²) < 4.78 is 5.12. The number of hydrogen-bond donors (Lipinski definition) is 0. The zero-order valence-electron chi connectivity index (χ0n) is 10.6. The average Bonchev–Trinajstić information content (AvgIpc) is 2.38. The number of carbonyl (C=O) groups is 1. The van der Waals surface area contributed by atoms with E-state index >= 15 is 0 Å². The summed E-state index contributed by atoms with van der Waals surface area (Å²) in [4.78, 5) is 13.8. The molecule has 92 valence electrons. The van der Waals surface area contributed by atoms with Crippen LogP contribution in [-0.4, -0.2) is 19.1 Å². The van der Waals surface area contributed by atoms with Gasteiger partial charge in [-0.3, -0.25) is 4.79 Å². The van der Waals surface area contributed by atoms with Crippen LogP contribution in [0.3, 0.4) is 0 Å². The molecule has 2 atom stereocenters. The van der Waals surface area contributed by atoms with Crippen LogP contribution in [0.4, 0.5) is 5.69 Å². The normalized spacial score (nSPS) is 23.5. The molecule has 0 spiro atoms. The summed E-state index contributed by atoms with van der Waals surface area (Å²) in [6.45, 7) is 4.17. The number of rotatable bonds is 4. The lowest BCUT2D eigenvalue weighted by molar-refractivity contribution is -0.129. The molecule has 1 heterocycles. The molecular weight excluding hydrogens is 214 g/mol. The highest BCUT2D eigenvalue weighted by atomic mass is 16.5. The molecule has 2 unspecified atom stereocenters.